The molecule has 5 heteroatoms. The predicted octanol–water partition coefficient (Wildman–Crippen LogP) is 2.44. The first kappa shape index (κ1) is 16.2. The summed E-state index contributed by atoms with van der Waals surface area (Å²) in [7, 11) is 0. The van der Waals surface area contributed by atoms with E-state index in [4.69, 9.17) is 4.74 Å². The molecule has 0 radical (unpaired) electrons. The van der Waals surface area contributed by atoms with Crippen LogP contribution < -0.4 is 0 Å². The van der Waals surface area contributed by atoms with Crippen molar-refractivity contribution in [2.75, 3.05) is 13.2 Å². The standard InChI is InChI=1S/C22H19NO4/c1-12(24)27-11-10-23-21(25)19-17-13-6-2-3-7-14(13)18(20(19)22(23)26)16-9-5-4-8-15(16)17/h2-9,17-20H,10-11H2,1H3. The summed E-state index contributed by atoms with van der Waals surface area (Å²) in [4.78, 5) is 38.7. The van der Waals surface area contributed by atoms with Gasteiger partial charge in [0.15, 0.2) is 0 Å². The maximum atomic E-state index is 13.2. The summed E-state index contributed by atoms with van der Waals surface area (Å²) in [6.45, 7) is 1.48. The molecule has 1 saturated heterocycles. The molecule has 2 aromatic carbocycles. The highest BCUT2D eigenvalue weighted by Crippen LogP contribution is 2.60. The number of hydrogen-bond acceptors (Lipinski definition) is 4. The van der Waals surface area contributed by atoms with Gasteiger partial charge in [-0.2, -0.15) is 0 Å². The van der Waals surface area contributed by atoms with E-state index in [9.17, 15) is 14.4 Å². The van der Waals surface area contributed by atoms with Gasteiger partial charge in [-0.05, 0) is 22.3 Å². The fourth-order valence-corrected chi connectivity index (χ4v) is 5.24. The molecule has 3 aliphatic carbocycles. The van der Waals surface area contributed by atoms with Gasteiger partial charge in [-0.1, -0.05) is 48.5 Å². The number of hydrogen-bond donors (Lipinski definition) is 0. The van der Waals surface area contributed by atoms with Crippen LogP contribution in [0, 0.1) is 11.8 Å². The zero-order valence-electron chi connectivity index (χ0n) is 14.9. The first-order valence-corrected chi connectivity index (χ1v) is 9.26. The fourth-order valence-electron chi connectivity index (χ4n) is 5.24. The van der Waals surface area contributed by atoms with Crippen molar-refractivity contribution in [1.82, 2.24) is 4.90 Å². The Morgan fingerprint density at radius 2 is 1.26 bits per heavy atom. The van der Waals surface area contributed by atoms with E-state index < -0.39 is 5.97 Å². The van der Waals surface area contributed by atoms with Crippen LogP contribution in [0.4, 0.5) is 0 Å². The molecule has 2 aromatic rings. The molecule has 4 aliphatic rings. The van der Waals surface area contributed by atoms with Crippen molar-refractivity contribution >= 4 is 17.8 Å². The van der Waals surface area contributed by atoms with Crippen LogP contribution in [0.1, 0.15) is 41.0 Å². The number of nitrogens with zero attached hydrogens (tertiary/aromatic N) is 1. The van der Waals surface area contributed by atoms with E-state index >= 15 is 0 Å². The zero-order chi connectivity index (χ0) is 18.7. The molecular weight excluding hydrogens is 342 g/mol. The lowest BCUT2D eigenvalue weighted by Crippen LogP contribution is -2.41. The van der Waals surface area contributed by atoms with Crippen molar-refractivity contribution in [3.05, 3.63) is 70.8 Å². The molecule has 0 N–H and O–H groups in total. The monoisotopic (exact) mass is 361 g/mol. The highest BCUT2D eigenvalue weighted by atomic mass is 16.5. The normalized spacial score (nSPS) is 27.2. The summed E-state index contributed by atoms with van der Waals surface area (Å²) in [6.07, 6.45) is 0. The average Bonchev–Trinajstić information content (AvgIpc) is 2.93. The lowest BCUT2D eigenvalue weighted by molar-refractivity contribution is -0.147. The molecule has 1 heterocycles. The largest absolute Gasteiger partial charge is 0.464 e. The Labute approximate surface area is 156 Å². The van der Waals surface area contributed by atoms with Crippen molar-refractivity contribution in [3.63, 3.8) is 0 Å². The molecule has 27 heavy (non-hydrogen) atoms. The molecular formula is C22H19NO4. The van der Waals surface area contributed by atoms with Crippen LogP contribution in [0.25, 0.3) is 0 Å². The quantitative estimate of drug-likeness (QED) is 0.622. The van der Waals surface area contributed by atoms with Gasteiger partial charge in [-0.25, -0.2) is 0 Å². The van der Waals surface area contributed by atoms with Gasteiger partial charge in [0.1, 0.15) is 6.61 Å². The van der Waals surface area contributed by atoms with Crippen molar-refractivity contribution in [2.24, 2.45) is 11.8 Å². The number of carbonyl (C=O) groups excluding carboxylic acids is 3. The van der Waals surface area contributed by atoms with E-state index in [1.165, 1.54) is 11.8 Å². The number of carbonyl (C=O) groups is 3. The fraction of sp³-hybridized carbons (Fsp3) is 0.318. The molecule has 5 nitrogen and oxygen atoms in total. The molecule has 136 valence electrons. The molecule has 0 saturated carbocycles. The van der Waals surface area contributed by atoms with Crippen molar-refractivity contribution in [1.29, 1.82) is 0 Å². The predicted molar refractivity (Wildman–Crippen MR) is 96.9 cm³/mol. The lowest BCUT2D eigenvalue weighted by atomic mass is 9.55. The molecule has 6 rings (SSSR count). The first-order valence-electron chi connectivity index (χ1n) is 9.26. The number of esters is 1. The minimum atomic E-state index is -0.411. The number of likely N-dealkylation sites (tertiary alicyclic amines) is 1. The minimum Gasteiger partial charge on any atom is -0.464 e. The Balaban J connectivity index is 1.60. The first-order chi connectivity index (χ1) is 13.1. The van der Waals surface area contributed by atoms with Gasteiger partial charge in [0, 0.05) is 18.8 Å². The van der Waals surface area contributed by atoms with Gasteiger partial charge >= 0.3 is 5.97 Å². The third kappa shape index (κ3) is 2.14. The van der Waals surface area contributed by atoms with E-state index in [1.807, 2.05) is 24.3 Å². The Morgan fingerprint density at radius 1 is 0.852 bits per heavy atom. The highest BCUT2D eigenvalue weighted by molar-refractivity contribution is 6.07. The highest BCUT2D eigenvalue weighted by Gasteiger charge is 2.61. The SMILES string of the molecule is CC(=O)OCCN1C(=O)C2C3c4ccccc4C(c4ccccc43)C2C1=O. The summed E-state index contributed by atoms with van der Waals surface area (Å²) in [5, 5.41) is 0. The third-order valence-electron chi connectivity index (χ3n) is 6.16. The molecule has 1 fully saturated rings. The number of amides is 2. The van der Waals surface area contributed by atoms with Crippen LogP contribution in [0.3, 0.4) is 0 Å². The van der Waals surface area contributed by atoms with Crippen LogP contribution in [0.5, 0.6) is 0 Å². The van der Waals surface area contributed by atoms with Crippen LogP contribution in [-0.4, -0.2) is 35.8 Å². The topological polar surface area (TPSA) is 63.7 Å². The van der Waals surface area contributed by atoms with Crippen molar-refractivity contribution in [3.8, 4) is 0 Å². The summed E-state index contributed by atoms with van der Waals surface area (Å²) in [5.74, 6) is -1.63. The Morgan fingerprint density at radius 3 is 1.63 bits per heavy atom. The van der Waals surface area contributed by atoms with Gasteiger partial charge in [-0.3, -0.25) is 19.3 Å². The molecule has 1 aliphatic heterocycles. The van der Waals surface area contributed by atoms with Gasteiger partial charge in [0.05, 0.1) is 18.4 Å². The van der Waals surface area contributed by atoms with Crippen LogP contribution in [0.2, 0.25) is 0 Å². The number of benzene rings is 2. The zero-order valence-corrected chi connectivity index (χ0v) is 14.9. The van der Waals surface area contributed by atoms with Crippen LogP contribution in [-0.2, 0) is 19.1 Å². The number of ether oxygens (including phenoxy) is 1. The average molecular weight is 361 g/mol. The maximum absolute atomic E-state index is 13.2. The van der Waals surface area contributed by atoms with E-state index in [1.54, 1.807) is 0 Å². The number of rotatable bonds is 3. The summed E-state index contributed by atoms with van der Waals surface area (Å²) in [5.41, 5.74) is 4.63. The van der Waals surface area contributed by atoms with E-state index in [2.05, 4.69) is 24.3 Å². The smallest absolute Gasteiger partial charge is 0.302 e. The van der Waals surface area contributed by atoms with E-state index in [-0.39, 0.29) is 48.6 Å². The summed E-state index contributed by atoms with van der Waals surface area (Å²) < 4.78 is 4.96. The maximum Gasteiger partial charge on any atom is 0.302 e. The molecule has 0 spiro atoms. The van der Waals surface area contributed by atoms with Crippen LogP contribution >= 0.6 is 0 Å². The second-order valence-corrected chi connectivity index (χ2v) is 7.43. The van der Waals surface area contributed by atoms with E-state index in [0.29, 0.717) is 0 Å². The molecule has 2 unspecified atom stereocenters. The summed E-state index contributed by atoms with van der Waals surface area (Å²) >= 11 is 0. The lowest BCUT2D eigenvalue weighted by Gasteiger charge is -2.45. The second-order valence-electron chi connectivity index (χ2n) is 7.43. The van der Waals surface area contributed by atoms with Gasteiger partial charge in [-0.15, -0.1) is 0 Å². The Bertz CT molecular complexity index is 866. The van der Waals surface area contributed by atoms with Gasteiger partial charge in [0.25, 0.3) is 0 Å². The molecule has 2 bridgehead atoms. The van der Waals surface area contributed by atoms with Gasteiger partial charge in [0.2, 0.25) is 11.8 Å². The molecule has 0 aromatic heterocycles. The second kappa shape index (κ2) is 5.78. The number of imide groups is 1. The molecule has 2 amide bonds. The minimum absolute atomic E-state index is 0.0431. The van der Waals surface area contributed by atoms with Crippen molar-refractivity contribution < 1.29 is 19.1 Å². The van der Waals surface area contributed by atoms with E-state index in [0.717, 1.165) is 22.3 Å². The van der Waals surface area contributed by atoms with Crippen LogP contribution in [0.15, 0.2) is 48.5 Å². The van der Waals surface area contributed by atoms with Gasteiger partial charge < -0.3 is 4.74 Å². The molecule has 2 atom stereocenters. The van der Waals surface area contributed by atoms with Crippen molar-refractivity contribution in [2.45, 2.75) is 18.8 Å². The summed E-state index contributed by atoms with van der Waals surface area (Å²) in [6, 6.07) is 16.3. The third-order valence-corrected chi connectivity index (χ3v) is 6.16. The Hall–Kier alpha value is -2.95. The Kier molecular flexibility index (Phi) is 3.47.